The van der Waals surface area contributed by atoms with Crippen molar-refractivity contribution in [3.05, 3.63) is 40.5 Å². The summed E-state index contributed by atoms with van der Waals surface area (Å²) in [5, 5.41) is 4.45. The number of nitrogen functional groups attached to an aromatic ring is 1. The van der Waals surface area contributed by atoms with Gasteiger partial charge in [0.25, 0.3) is 0 Å². The lowest BCUT2D eigenvalue weighted by atomic mass is 10.2. The number of nitrogens with two attached hydrogens (primary N) is 1. The molecule has 2 rings (SSSR count). The van der Waals surface area contributed by atoms with Crippen LogP contribution in [-0.4, -0.2) is 16.1 Å². The van der Waals surface area contributed by atoms with Gasteiger partial charge in [0.15, 0.2) is 0 Å². The van der Waals surface area contributed by atoms with Crippen molar-refractivity contribution >= 4 is 17.4 Å². The van der Waals surface area contributed by atoms with Crippen molar-refractivity contribution in [2.24, 2.45) is 0 Å². The van der Waals surface area contributed by atoms with E-state index < -0.39 is 6.36 Å². The SMILES string of the molecule is Cc1nn(Cc2cccc(OC(F)(F)F)c2)c(N)c1Cl. The lowest BCUT2D eigenvalue weighted by Crippen LogP contribution is -2.17. The van der Waals surface area contributed by atoms with E-state index >= 15 is 0 Å². The van der Waals surface area contributed by atoms with E-state index in [0.717, 1.165) is 0 Å². The molecule has 0 fully saturated rings. The molecule has 0 aliphatic heterocycles. The molecule has 0 spiro atoms. The fourth-order valence-electron chi connectivity index (χ4n) is 1.71. The van der Waals surface area contributed by atoms with Gasteiger partial charge in [-0.1, -0.05) is 23.7 Å². The molecule has 0 atom stereocenters. The fraction of sp³-hybridized carbons (Fsp3) is 0.250. The predicted octanol–water partition coefficient (Wildman–Crippen LogP) is 3.37. The van der Waals surface area contributed by atoms with E-state index in [0.29, 0.717) is 16.3 Å². The van der Waals surface area contributed by atoms with Crippen molar-refractivity contribution in [2.45, 2.75) is 19.8 Å². The van der Waals surface area contributed by atoms with Gasteiger partial charge >= 0.3 is 6.36 Å². The number of ether oxygens (including phenoxy) is 1. The van der Waals surface area contributed by atoms with Gasteiger partial charge in [-0.15, -0.1) is 13.2 Å². The molecule has 0 radical (unpaired) electrons. The summed E-state index contributed by atoms with van der Waals surface area (Å²) in [6, 6.07) is 5.61. The molecule has 1 aromatic carbocycles. The zero-order valence-electron chi connectivity index (χ0n) is 10.4. The first kappa shape index (κ1) is 14.5. The summed E-state index contributed by atoms with van der Waals surface area (Å²) in [6.07, 6.45) is -4.72. The zero-order valence-corrected chi connectivity index (χ0v) is 11.2. The number of alkyl halides is 3. The van der Waals surface area contributed by atoms with E-state index in [9.17, 15) is 13.2 Å². The monoisotopic (exact) mass is 305 g/mol. The average molecular weight is 306 g/mol. The summed E-state index contributed by atoms with van der Waals surface area (Å²) >= 11 is 5.90. The number of halogens is 4. The first-order valence-electron chi connectivity index (χ1n) is 5.59. The Morgan fingerprint density at radius 3 is 2.65 bits per heavy atom. The Morgan fingerprint density at radius 1 is 1.40 bits per heavy atom. The third-order valence-corrected chi connectivity index (χ3v) is 3.02. The Morgan fingerprint density at radius 2 is 2.10 bits per heavy atom. The predicted molar refractivity (Wildman–Crippen MR) is 68.6 cm³/mol. The molecule has 8 heteroatoms. The number of benzene rings is 1. The summed E-state index contributed by atoms with van der Waals surface area (Å²) in [6.45, 7) is 1.90. The number of aromatic nitrogens is 2. The largest absolute Gasteiger partial charge is 0.573 e. The summed E-state index contributed by atoms with van der Waals surface area (Å²) < 4.78 is 41.7. The van der Waals surface area contributed by atoms with Crippen LogP contribution >= 0.6 is 11.6 Å². The van der Waals surface area contributed by atoms with E-state index in [1.807, 2.05) is 0 Å². The molecule has 0 saturated carbocycles. The summed E-state index contributed by atoms with van der Waals surface area (Å²) in [5.41, 5.74) is 6.88. The summed E-state index contributed by atoms with van der Waals surface area (Å²) in [7, 11) is 0. The smallest absolute Gasteiger partial charge is 0.406 e. The Bertz CT molecular complexity index is 625. The number of hydrogen-bond acceptors (Lipinski definition) is 3. The van der Waals surface area contributed by atoms with E-state index in [1.54, 1.807) is 13.0 Å². The molecule has 0 unspecified atom stereocenters. The van der Waals surface area contributed by atoms with Gasteiger partial charge in [-0.25, -0.2) is 4.68 Å². The summed E-state index contributed by atoms with van der Waals surface area (Å²) in [5.74, 6) is -0.0187. The van der Waals surface area contributed by atoms with Crippen molar-refractivity contribution in [3.8, 4) is 5.75 Å². The van der Waals surface area contributed by atoms with Crippen LogP contribution in [-0.2, 0) is 6.54 Å². The molecule has 1 heterocycles. The van der Waals surface area contributed by atoms with Crippen molar-refractivity contribution in [2.75, 3.05) is 5.73 Å². The summed E-state index contributed by atoms with van der Waals surface area (Å²) in [4.78, 5) is 0. The molecule has 4 nitrogen and oxygen atoms in total. The van der Waals surface area contributed by atoms with Crippen LogP contribution in [0.3, 0.4) is 0 Å². The first-order valence-corrected chi connectivity index (χ1v) is 5.97. The number of aryl methyl sites for hydroxylation is 1. The highest BCUT2D eigenvalue weighted by molar-refractivity contribution is 6.33. The van der Waals surface area contributed by atoms with E-state index in [1.165, 1.54) is 22.9 Å². The highest BCUT2D eigenvalue weighted by Gasteiger charge is 2.31. The highest BCUT2D eigenvalue weighted by Crippen LogP contribution is 2.26. The second-order valence-corrected chi connectivity index (χ2v) is 4.52. The van der Waals surface area contributed by atoms with Gasteiger partial charge in [-0.2, -0.15) is 5.10 Å². The normalized spacial score (nSPS) is 11.7. The quantitative estimate of drug-likeness (QED) is 0.946. The van der Waals surface area contributed by atoms with Gasteiger partial charge in [0.2, 0.25) is 0 Å². The van der Waals surface area contributed by atoms with E-state index in [2.05, 4.69) is 9.84 Å². The maximum absolute atomic E-state index is 12.1. The molecule has 0 aliphatic carbocycles. The van der Waals surface area contributed by atoms with Crippen molar-refractivity contribution in [1.29, 1.82) is 0 Å². The van der Waals surface area contributed by atoms with Crippen LogP contribution in [0.25, 0.3) is 0 Å². The Labute approximate surface area is 117 Å². The maximum atomic E-state index is 12.1. The van der Waals surface area contributed by atoms with Crippen LogP contribution in [0.4, 0.5) is 19.0 Å². The van der Waals surface area contributed by atoms with Crippen LogP contribution in [0.15, 0.2) is 24.3 Å². The van der Waals surface area contributed by atoms with Gasteiger partial charge in [-0.3, -0.25) is 0 Å². The van der Waals surface area contributed by atoms with Crippen molar-refractivity contribution < 1.29 is 17.9 Å². The molecule has 0 amide bonds. The minimum Gasteiger partial charge on any atom is -0.406 e. The maximum Gasteiger partial charge on any atom is 0.573 e. The molecule has 108 valence electrons. The van der Waals surface area contributed by atoms with E-state index in [4.69, 9.17) is 17.3 Å². The molecule has 0 bridgehead atoms. The number of hydrogen-bond donors (Lipinski definition) is 1. The zero-order chi connectivity index (χ0) is 14.9. The van der Waals surface area contributed by atoms with Gasteiger partial charge in [-0.05, 0) is 24.6 Å². The molecular weight excluding hydrogens is 295 g/mol. The van der Waals surface area contributed by atoms with Crippen molar-refractivity contribution in [1.82, 2.24) is 9.78 Å². The molecule has 0 aliphatic rings. The molecule has 2 aromatic rings. The lowest BCUT2D eigenvalue weighted by molar-refractivity contribution is -0.274. The Balaban J connectivity index is 2.21. The fourth-order valence-corrected chi connectivity index (χ4v) is 1.85. The molecule has 2 N–H and O–H groups in total. The number of rotatable bonds is 3. The van der Waals surface area contributed by atoms with Crippen LogP contribution in [0.1, 0.15) is 11.3 Å². The lowest BCUT2D eigenvalue weighted by Gasteiger charge is -2.10. The second kappa shape index (κ2) is 5.24. The van der Waals surface area contributed by atoms with Gasteiger partial charge in [0.1, 0.15) is 16.6 Å². The van der Waals surface area contributed by atoms with Crippen LogP contribution < -0.4 is 10.5 Å². The Hall–Kier alpha value is -1.89. The average Bonchev–Trinajstić information content (AvgIpc) is 2.55. The first-order chi connectivity index (χ1) is 9.26. The van der Waals surface area contributed by atoms with Crippen LogP contribution in [0, 0.1) is 6.92 Å². The third-order valence-electron chi connectivity index (χ3n) is 2.56. The van der Waals surface area contributed by atoms with Gasteiger partial charge in [0.05, 0.1) is 12.2 Å². The third kappa shape index (κ3) is 3.36. The number of nitrogens with zero attached hydrogens (tertiary/aromatic N) is 2. The van der Waals surface area contributed by atoms with Gasteiger partial charge < -0.3 is 10.5 Å². The minimum absolute atomic E-state index is 0.203. The molecule has 1 aromatic heterocycles. The van der Waals surface area contributed by atoms with Crippen molar-refractivity contribution in [3.63, 3.8) is 0 Å². The molecule has 0 saturated heterocycles. The van der Waals surface area contributed by atoms with Crippen LogP contribution in [0.5, 0.6) is 5.75 Å². The minimum atomic E-state index is -4.72. The van der Waals surface area contributed by atoms with Gasteiger partial charge in [0, 0.05) is 0 Å². The number of anilines is 1. The Kier molecular flexibility index (Phi) is 3.80. The molecular formula is C12H11ClF3N3O. The molecule has 20 heavy (non-hydrogen) atoms. The van der Waals surface area contributed by atoms with Crippen LogP contribution in [0.2, 0.25) is 5.02 Å². The highest BCUT2D eigenvalue weighted by atomic mass is 35.5. The second-order valence-electron chi connectivity index (χ2n) is 4.14. The topological polar surface area (TPSA) is 53.1 Å². The standard InChI is InChI=1S/C12H11ClF3N3O/c1-7-10(13)11(17)19(18-7)6-8-3-2-4-9(5-8)20-12(14,15)16/h2-5H,6,17H2,1H3. The van der Waals surface area contributed by atoms with E-state index in [-0.39, 0.29) is 18.1 Å².